The Morgan fingerprint density at radius 3 is 1.31 bits per heavy atom. The van der Waals surface area contributed by atoms with Crippen molar-refractivity contribution in [2.75, 3.05) is 0 Å². The Bertz CT molecular complexity index is 4980. The number of fused-ring (bicyclic) bond motifs is 13. The molecule has 0 N–H and O–H groups in total. The summed E-state index contributed by atoms with van der Waals surface area (Å²) in [7, 11) is 0. The number of para-hydroxylation sites is 4. The van der Waals surface area contributed by atoms with Gasteiger partial charge in [0.1, 0.15) is 22.3 Å². The SMILES string of the molecule is c1ccc(-c2nc(-n3c4ccccc4c4cc(-c5ccc6c(c5)c5cc(-c7ccc8oc9ccccc9c8c7)ccc5n6-c5cccc(-c6ccc7oc8ccccc8c7c6)c5)ccc43)nc3ccccc23)cc1. The van der Waals surface area contributed by atoms with Crippen LogP contribution in [0.25, 0.3) is 155 Å². The summed E-state index contributed by atoms with van der Waals surface area (Å²) in [6.45, 7) is 0. The highest BCUT2D eigenvalue weighted by atomic mass is 16.3. The van der Waals surface area contributed by atoms with E-state index < -0.39 is 0 Å². The van der Waals surface area contributed by atoms with Gasteiger partial charge >= 0.3 is 0 Å². The Kier molecular flexibility index (Phi) is 8.64. The van der Waals surface area contributed by atoms with Crippen molar-refractivity contribution in [3.8, 4) is 56.3 Å². The number of furan rings is 2. The first-order valence-corrected chi connectivity index (χ1v) is 25.0. The molecule has 6 heteroatoms. The Morgan fingerprint density at radius 2 is 0.689 bits per heavy atom. The number of nitrogens with zero attached hydrogens (tertiary/aromatic N) is 4. The van der Waals surface area contributed by atoms with E-state index in [4.69, 9.17) is 18.8 Å². The molecule has 11 aromatic carbocycles. The molecule has 0 amide bonds. The zero-order chi connectivity index (χ0) is 48.4. The van der Waals surface area contributed by atoms with Gasteiger partial charge in [0.15, 0.2) is 0 Å². The fourth-order valence-electron chi connectivity index (χ4n) is 11.6. The molecule has 0 radical (unpaired) electrons. The van der Waals surface area contributed by atoms with Crippen molar-refractivity contribution >= 4 is 98.4 Å². The second-order valence-electron chi connectivity index (χ2n) is 19.3. The van der Waals surface area contributed by atoms with E-state index in [1.54, 1.807) is 0 Å². The predicted octanol–water partition coefficient (Wildman–Crippen LogP) is 18.3. The van der Waals surface area contributed by atoms with E-state index in [-0.39, 0.29) is 0 Å². The topological polar surface area (TPSA) is 61.9 Å². The van der Waals surface area contributed by atoms with Crippen LogP contribution in [0.1, 0.15) is 0 Å². The van der Waals surface area contributed by atoms with Crippen molar-refractivity contribution in [1.29, 1.82) is 0 Å². The van der Waals surface area contributed by atoms with Crippen LogP contribution in [0.2, 0.25) is 0 Å². The average Bonchev–Trinajstić information content (AvgIpc) is 4.22. The van der Waals surface area contributed by atoms with Crippen molar-refractivity contribution in [3.05, 3.63) is 243 Å². The number of hydrogen-bond donors (Lipinski definition) is 0. The number of hydrogen-bond acceptors (Lipinski definition) is 4. The molecule has 16 rings (SSSR count). The van der Waals surface area contributed by atoms with Crippen LogP contribution in [0, 0.1) is 0 Å². The van der Waals surface area contributed by atoms with Crippen molar-refractivity contribution in [1.82, 2.24) is 19.1 Å². The van der Waals surface area contributed by atoms with Gasteiger partial charge in [-0.25, -0.2) is 9.97 Å². The predicted molar refractivity (Wildman–Crippen MR) is 305 cm³/mol. The molecule has 0 aliphatic carbocycles. The summed E-state index contributed by atoms with van der Waals surface area (Å²) in [6.07, 6.45) is 0. The first-order valence-electron chi connectivity index (χ1n) is 25.0. The van der Waals surface area contributed by atoms with Crippen LogP contribution in [-0.2, 0) is 0 Å². The maximum Gasteiger partial charge on any atom is 0.235 e. The summed E-state index contributed by atoms with van der Waals surface area (Å²) in [6, 6.07) is 86.5. The second kappa shape index (κ2) is 15.7. The maximum atomic E-state index is 6.25. The molecule has 0 fully saturated rings. The summed E-state index contributed by atoms with van der Waals surface area (Å²) >= 11 is 0. The zero-order valence-corrected chi connectivity index (χ0v) is 39.7. The van der Waals surface area contributed by atoms with Crippen LogP contribution in [0.3, 0.4) is 0 Å². The average molecular weight is 945 g/mol. The summed E-state index contributed by atoms with van der Waals surface area (Å²) < 4.78 is 17.1. The molecule has 6 nitrogen and oxygen atoms in total. The monoisotopic (exact) mass is 944 g/mol. The van der Waals surface area contributed by atoms with Crippen LogP contribution in [-0.4, -0.2) is 19.1 Å². The van der Waals surface area contributed by atoms with Gasteiger partial charge in [-0.05, 0) is 130 Å². The van der Waals surface area contributed by atoms with Gasteiger partial charge in [0.25, 0.3) is 0 Å². The maximum absolute atomic E-state index is 6.25. The number of rotatable bonds is 6. The van der Waals surface area contributed by atoms with Gasteiger partial charge in [-0.3, -0.25) is 4.57 Å². The minimum atomic E-state index is 0.645. The van der Waals surface area contributed by atoms with Crippen molar-refractivity contribution in [2.24, 2.45) is 0 Å². The molecule has 74 heavy (non-hydrogen) atoms. The molecule has 0 saturated heterocycles. The molecule has 16 aromatic rings. The summed E-state index contributed by atoms with van der Waals surface area (Å²) in [5, 5.41) is 10.1. The molecule has 0 aliphatic heterocycles. The normalized spacial score (nSPS) is 12.1. The van der Waals surface area contributed by atoms with Crippen molar-refractivity contribution in [2.45, 2.75) is 0 Å². The molecule has 0 atom stereocenters. The van der Waals surface area contributed by atoms with E-state index in [0.29, 0.717) is 5.95 Å². The Morgan fingerprint density at radius 1 is 0.257 bits per heavy atom. The van der Waals surface area contributed by atoms with Gasteiger partial charge < -0.3 is 13.4 Å². The van der Waals surface area contributed by atoms with Gasteiger partial charge in [-0.15, -0.1) is 0 Å². The second-order valence-corrected chi connectivity index (χ2v) is 19.3. The van der Waals surface area contributed by atoms with Crippen LogP contribution >= 0.6 is 0 Å². The van der Waals surface area contributed by atoms with Crippen LogP contribution < -0.4 is 0 Å². The third-order valence-corrected chi connectivity index (χ3v) is 15.1. The van der Waals surface area contributed by atoms with Gasteiger partial charge in [0.05, 0.1) is 33.3 Å². The highest BCUT2D eigenvalue weighted by Gasteiger charge is 2.20. The highest BCUT2D eigenvalue weighted by molar-refractivity contribution is 6.14. The van der Waals surface area contributed by atoms with E-state index in [9.17, 15) is 0 Å². The molecule has 344 valence electrons. The molecule has 5 heterocycles. The molecule has 5 aromatic heterocycles. The van der Waals surface area contributed by atoms with Crippen LogP contribution in [0.4, 0.5) is 0 Å². The van der Waals surface area contributed by atoms with Crippen LogP contribution in [0.5, 0.6) is 0 Å². The molecule has 0 aliphatic rings. The van der Waals surface area contributed by atoms with E-state index in [0.717, 1.165) is 138 Å². The van der Waals surface area contributed by atoms with E-state index >= 15 is 0 Å². The third kappa shape index (κ3) is 6.18. The minimum absolute atomic E-state index is 0.645. The quantitative estimate of drug-likeness (QED) is 0.167. The van der Waals surface area contributed by atoms with Crippen molar-refractivity contribution in [3.63, 3.8) is 0 Å². The fourth-order valence-corrected chi connectivity index (χ4v) is 11.6. The smallest absolute Gasteiger partial charge is 0.235 e. The third-order valence-electron chi connectivity index (χ3n) is 15.1. The van der Waals surface area contributed by atoms with E-state index in [2.05, 4.69) is 215 Å². The summed E-state index contributed by atoms with van der Waals surface area (Å²) in [5.74, 6) is 0.645. The minimum Gasteiger partial charge on any atom is -0.456 e. The van der Waals surface area contributed by atoms with E-state index in [1.165, 1.54) is 10.8 Å². The standard InChI is InChI=1S/C68H40N4O2/c1-2-13-41(14-3-1)67-52-20-4-8-21-58(52)69-68(70-67)72-59-22-9-5-17-49(59)53-36-43(27-32-62(53)72)44-25-30-60-54(37-44)55-38-45(47-29-34-66-57(40-47)51-19-7-11-24-64(51)74-66)26-31-61(55)71(60)48-16-12-15-42(35-48)46-28-33-65-56(39-46)50-18-6-10-23-63(50)73-65/h1-40H. The lowest BCUT2D eigenvalue weighted by Crippen LogP contribution is -2.03. The fraction of sp³-hybridized carbons (Fsp3) is 0. The lowest BCUT2D eigenvalue weighted by atomic mass is 9.98. The Balaban J connectivity index is 0.875. The van der Waals surface area contributed by atoms with Crippen molar-refractivity contribution < 1.29 is 8.83 Å². The summed E-state index contributed by atoms with van der Waals surface area (Å²) in [4.78, 5) is 10.5. The molecule has 0 bridgehead atoms. The van der Waals surface area contributed by atoms with Gasteiger partial charge in [-0.1, -0.05) is 146 Å². The first kappa shape index (κ1) is 40.7. The summed E-state index contributed by atoms with van der Waals surface area (Å²) in [5.41, 5.74) is 18.7. The van der Waals surface area contributed by atoms with Crippen LogP contribution in [0.15, 0.2) is 251 Å². The highest BCUT2D eigenvalue weighted by Crippen LogP contribution is 2.42. The molecular weight excluding hydrogens is 905 g/mol. The van der Waals surface area contributed by atoms with Gasteiger partial charge in [-0.2, -0.15) is 0 Å². The number of benzene rings is 11. The largest absolute Gasteiger partial charge is 0.456 e. The zero-order valence-electron chi connectivity index (χ0n) is 39.7. The lowest BCUT2D eigenvalue weighted by molar-refractivity contribution is 0.668. The molecule has 0 unspecified atom stereocenters. The van der Waals surface area contributed by atoms with Gasteiger partial charge in [0.2, 0.25) is 5.95 Å². The molecule has 0 saturated carbocycles. The Hall–Kier alpha value is -10.0. The first-order chi connectivity index (χ1) is 36.6. The lowest BCUT2D eigenvalue weighted by Gasteiger charge is -2.12. The van der Waals surface area contributed by atoms with E-state index in [1.807, 2.05) is 36.4 Å². The van der Waals surface area contributed by atoms with Gasteiger partial charge in [0, 0.05) is 59.7 Å². The number of aromatic nitrogens is 4. The Labute approximate surface area is 423 Å². The molecule has 0 spiro atoms. The molecular formula is C68H40N4O2.